The summed E-state index contributed by atoms with van der Waals surface area (Å²) in [5.74, 6) is -9.00. The van der Waals surface area contributed by atoms with Crippen molar-refractivity contribution < 1.29 is 126 Å². The number of halogens is 13. The molecule has 0 nitrogen and oxygen atoms in total. The van der Waals surface area contributed by atoms with Gasteiger partial charge in [-0.2, -0.15) is 52.7 Å². The maximum atomic E-state index is 12.7. The fourth-order valence-corrected chi connectivity index (χ4v) is 0.944. The maximum Gasteiger partial charge on any atom is 1.00 e. The van der Waals surface area contributed by atoms with Crippen LogP contribution in [-0.2, 0) is 0 Å². The number of hydrogen-bond acceptors (Lipinski definition) is 0. The van der Waals surface area contributed by atoms with Crippen molar-refractivity contribution in [1.29, 1.82) is 0 Å². The van der Waals surface area contributed by atoms with Crippen LogP contribution in [0.5, 0.6) is 0 Å². The molecule has 120 valence electrons. The molecule has 0 N–H and O–H groups in total. The molecule has 0 rings (SSSR count). The van der Waals surface area contributed by atoms with Gasteiger partial charge in [-0.3, -0.25) is 0 Å². The molecule has 0 atom stereocenters. The van der Waals surface area contributed by atoms with Gasteiger partial charge in [0.05, 0.1) is 0 Å². The Bertz CT molecular complexity index is 347. The Morgan fingerprint density at radius 1 is 0.571 bits per heavy atom. The zero-order valence-electron chi connectivity index (χ0n) is 9.41. The van der Waals surface area contributed by atoms with E-state index in [-0.39, 0.29) is 68.9 Å². The number of hydrogen-bond donors (Lipinski definition) is 0. The van der Waals surface area contributed by atoms with Gasteiger partial charge in [0.15, 0.2) is 0 Å². The van der Waals surface area contributed by atoms with Crippen LogP contribution < -0.4 is 68.9 Å². The molecule has 0 aliphatic rings. The Labute approximate surface area is 166 Å². The van der Waals surface area contributed by atoms with Crippen LogP contribution in [-0.4, -0.2) is 24.7 Å². The van der Waals surface area contributed by atoms with Crippen molar-refractivity contribution in [1.82, 2.24) is 0 Å². The van der Waals surface area contributed by atoms with Crippen molar-refractivity contribution in [3.63, 3.8) is 0 Å². The SMILES string of the molecule is FC(=C(C(F)(F)F)C(F)(F)F)[C-](C(F)(F)F)C(F)(F)F.[Cs+]. The second-order valence-corrected chi connectivity index (χ2v) is 3.06. The van der Waals surface area contributed by atoms with E-state index in [0.717, 1.165) is 0 Å². The van der Waals surface area contributed by atoms with Gasteiger partial charge in [-0.15, -0.1) is 0 Å². The van der Waals surface area contributed by atoms with Crippen LogP contribution in [0, 0.1) is 5.92 Å². The second kappa shape index (κ2) is 7.11. The topological polar surface area (TPSA) is 0 Å². The van der Waals surface area contributed by atoms with Crippen molar-refractivity contribution in [3.8, 4) is 0 Å². The summed E-state index contributed by atoms with van der Waals surface area (Å²) in [4.78, 5) is 0. The third kappa shape index (κ3) is 6.80. The van der Waals surface area contributed by atoms with Gasteiger partial charge >= 0.3 is 93.6 Å². The third-order valence-electron chi connectivity index (χ3n) is 1.57. The summed E-state index contributed by atoms with van der Waals surface area (Å²) in [6.45, 7) is 0. The molecule has 0 unspecified atom stereocenters. The molecule has 0 saturated carbocycles. The minimum atomic E-state index is -6.80. The van der Waals surface area contributed by atoms with Gasteiger partial charge in [-0.25, -0.2) is 4.39 Å². The molecule has 0 aromatic carbocycles. The Hall–Kier alpha value is 0.752. The van der Waals surface area contributed by atoms with E-state index in [0.29, 0.717) is 0 Å². The van der Waals surface area contributed by atoms with Crippen molar-refractivity contribution in [3.05, 3.63) is 17.3 Å². The quantitative estimate of drug-likeness (QED) is 0.412. The van der Waals surface area contributed by atoms with Crippen molar-refractivity contribution in [2.75, 3.05) is 0 Å². The van der Waals surface area contributed by atoms with Crippen molar-refractivity contribution in [2.45, 2.75) is 24.7 Å². The molecule has 0 spiro atoms. The van der Waals surface area contributed by atoms with E-state index in [4.69, 9.17) is 0 Å². The smallest absolute Gasteiger partial charge is 0.248 e. The first kappa shape index (κ1) is 24.0. The van der Waals surface area contributed by atoms with Crippen LogP contribution in [0.15, 0.2) is 11.4 Å². The summed E-state index contributed by atoms with van der Waals surface area (Å²) in [5, 5.41) is 0. The molecule has 0 heterocycles. The Morgan fingerprint density at radius 3 is 0.952 bits per heavy atom. The second-order valence-electron chi connectivity index (χ2n) is 3.06. The fourth-order valence-electron chi connectivity index (χ4n) is 0.944. The van der Waals surface area contributed by atoms with E-state index < -0.39 is 42.0 Å². The standard InChI is InChI=1S/C7F13.Cs/c8-1(2(4(9,10)11)5(12,13)14)3(6(15,16)17)7(18,19)20;/q-1;+1. The first-order valence-corrected chi connectivity index (χ1v) is 3.96. The van der Waals surface area contributed by atoms with Crippen LogP contribution in [0.25, 0.3) is 0 Å². The number of alkyl halides is 12. The molecule has 0 aliphatic carbocycles. The first-order valence-electron chi connectivity index (χ1n) is 3.96. The Balaban J connectivity index is 0. The van der Waals surface area contributed by atoms with Crippen LogP contribution in [0.3, 0.4) is 0 Å². The Morgan fingerprint density at radius 2 is 0.810 bits per heavy atom. The number of allylic oxidation sites excluding steroid dienone is 2. The van der Waals surface area contributed by atoms with Gasteiger partial charge in [-0.05, 0) is 5.83 Å². The molecule has 14 heteroatoms. The average molecular weight is 464 g/mol. The molecule has 0 aliphatic heterocycles. The van der Waals surface area contributed by atoms with Gasteiger partial charge < -0.3 is 0 Å². The minimum Gasteiger partial charge on any atom is -0.248 e. The molecule has 0 aromatic heterocycles. The molecule has 21 heavy (non-hydrogen) atoms. The zero-order valence-corrected chi connectivity index (χ0v) is 15.7. The summed E-state index contributed by atoms with van der Waals surface area (Å²) < 4.78 is 155. The van der Waals surface area contributed by atoms with Gasteiger partial charge in [0.25, 0.3) is 0 Å². The van der Waals surface area contributed by atoms with Crippen LogP contribution >= 0.6 is 0 Å². The molecule has 0 saturated heterocycles. The first-order chi connectivity index (χ1) is 8.40. The summed E-state index contributed by atoms with van der Waals surface area (Å²) in [5.41, 5.74) is -4.52. The molecule has 0 aromatic rings. The van der Waals surface area contributed by atoms with Gasteiger partial charge in [-0.1, -0.05) is 0 Å². The minimum absolute atomic E-state index is 0. The van der Waals surface area contributed by atoms with E-state index >= 15 is 0 Å². The molecule has 0 amide bonds. The molecule has 0 radical (unpaired) electrons. The summed E-state index contributed by atoms with van der Waals surface area (Å²) in [6.07, 6.45) is -27.2. The van der Waals surface area contributed by atoms with Crippen molar-refractivity contribution >= 4 is 0 Å². The number of rotatable bonds is 1. The van der Waals surface area contributed by atoms with Crippen LogP contribution in [0.4, 0.5) is 57.1 Å². The normalized spacial score (nSPS) is 13.6. The molecule has 0 fully saturated rings. The predicted molar refractivity (Wildman–Crippen MR) is 35.6 cm³/mol. The summed E-state index contributed by atoms with van der Waals surface area (Å²) in [6, 6.07) is 0. The van der Waals surface area contributed by atoms with Gasteiger partial charge in [0.1, 0.15) is 0 Å². The van der Waals surface area contributed by atoms with Crippen molar-refractivity contribution in [2.24, 2.45) is 0 Å². The predicted octanol–water partition coefficient (Wildman–Crippen LogP) is 2.04. The third-order valence-corrected chi connectivity index (χ3v) is 1.57. The van der Waals surface area contributed by atoms with E-state index in [2.05, 4.69) is 0 Å². The van der Waals surface area contributed by atoms with Crippen LogP contribution in [0.1, 0.15) is 0 Å². The largest absolute Gasteiger partial charge is 1.00 e. The van der Waals surface area contributed by atoms with Crippen LogP contribution in [0.2, 0.25) is 0 Å². The summed E-state index contributed by atoms with van der Waals surface area (Å²) in [7, 11) is 0. The molecular weight excluding hydrogens is 464 g/mol. The molecule has 0 bridgehead atoms. The van der Waals surface area contributed by atoms with E-state index in [1.165, 1.54) is 0 Å². The summed E-state index contributed by atoms with van der Waals surface area (Å²) >= 11 is 0. The fraction of sp³-hybridized carbons (Fsp3) is 0.571. The van der Waals surface area contributed by atoms with Gasteiger partial charge in [0.2, 0.25) is 0 Å². The monoisotopic (exact) mass is 464 g/mol. The van der Waals surface area contributed by atoms with Gasteiger partial charge in [0, 0.05) is 11.5 Å². The van der Waals surface area contributed by atoms with E-state index in [1.807, 2.05) is 0 Å². The zero-order chi connectivity index (χ0) is 16.7. The Kier molecular flexibility index (Phi) is 8.13. The average Bonchev–Trinajstić information content (AvgIpc) is 1.88. The van der Waals surface area contributed by atoms with E-state index in [9.17, 15) is 57.1 Å². The van der Waals surface area contributed by atoms with E-state index in [1.54, 1.807) is 0 Å². The maximum absolute atomic E-state index is 12.7. The molecular formula is C7CsF13.